The van der Waals surface area contributed by atoms with Gasteiger partial charge in [0.15, 0.2) is 6.29 Å². The lowest BCUT2D eigenvalue weighted by molar-refractivity contribution is 0.112. The summed E-state index contributed by atoms with van der Waals surface area (Å²) in [6.45, 7) is 0.305. The summed E-state index contributed by atoms with van der Waals surface area (Å²) in [7, 11) is 0. The number of phenolic OH excluding ortho intramolecular Hbond substituents is 1. The second kappa shape index (κ2) is 5.56. The van der Waals surface area contributed by atoms with Crippen molar-refractivity contribution in [3.05, 3.63) is 58.6 Å². The largest absolute Gasteiger partial charge is 0.507 e. The normalized spacial score (nSPS) is 10.1. The van der Waals surface area contributed by atoms with Crippen molar-refractivity contribution in [2.75, 3.05) is 0 Å². The minimum atomic E-state index is -0.0957. The van der Waals surface area contributed by atoms with E-state index in [4.69, 9.17) is 16.3 Å². The smallest absolute Gasteiger partial charge is 0.153 e. The van der Waals surface area contributed by atoms with Crippen molar-refractivity contribution in [2.45, 2.75) is 6.61 Å². The summed E-state index contributed by atoms with van der Waals surface area (Å²) in [5, 5.41) is 10.1. The van der Waals surface area contributed by atoms with Gasteiger partial charge in [-0.25, -0.2) is 0 Å². The maximum atomic E-state index is 10.5. The van der Waals surface area contributed by atoms with Crippen LogP contribution in [0.2, 0.25) is 5.02 Å². The van der Waals surface area contributed by atoms with Crippen LogP contribution in [-0.4, -0.2) is 11.4 Å². The molecular formula is C14H11ClO3. The molecule has 0 heterocycles. The van der Waals surface area contributed by atoms with E-state index >= 15 is 0 Å². The van der Waals surface area contributed by atoms with Gasteiger partial charge in [0.2, 0.25) is 0 Å². The molecule has 0 aromatic heterocycles. The van der Waals surface area contributed by atoms with Gasteiger partial charge in [0.25, 0.3) is 0 Å². The maximum absolute atomic E-state index is 10.5. The van der Waals surface area contributed by atoms with Crippen LogP contribution in [0.25, 0.3) is 0 Å². The Hall–Kier alpha value is -2.00. The number of phenols is 1. The fraction of sp³-hybridized carbons (Fsp3) is 0.0714. The Morgan fingerprint density at radius 3 is 2.67 bits per heavy atom. The fourth-order valence-electron chi connectivity index (χ4n) is 1.49. The number of hydrogen-bond acceptors (Lipinski definition) is 3. The number of hydrogen-bond donors (Lipinski definition) is 1. The van der Waals surface area contributed by atoms with Crippen LogP contribution in [0.15, 0.2) is 42.5 Å². The fourth-order valence-corrected chi connectivity index (χ4v) is 1.68. The summed E-state index contributed by atoms with van der Waals surface area (Å²) in [5.74, 6) is 0.389. The molecule has 0 saturated heterocycles. The van der Waals surface area contributed by atoms with E-state index in [1.165, 1.54) is 12.1 Å². The summed E-state index contributed by atoms with van der Waals surface area (Å²) in [6.07, 6.45) is 0.590. The predicted molar refractivity (Wildman–Crippen MR) is 69.3 cm³/mol. The molecule has 18 heavy (non-hydrogen) atoms. The second-order valence-electron chi connectivity index (χ2n) is 3.72. The zero-order chi connectivity index (χ0) is 13.0. The van der Waals surface area contributed by atoms with Crippen molar-refractivity contribution in [1.82, 2.24) is 0 Å². The minimum Gasteiger partial charge on any atom is -0.507 e. The van der Waals surface area contributed by atoms with Crippen molar-refractivity contribution < 1.29 is 14.6 Å². The Morgan fingerprint density at radius 2 is 2.00 bits per heavy atom. The van der Waals surface area contributed by atoms with Gasteiger partial charge >= 0.3 is 0 Å². The van der Waals surface area contributed by atoms with Gasteiger partial charge in [-0.3, -0.25) is 4.79 Å². The van der Waals surface area contributed by atoms with Gasteiger partial charge in [0, 0.05) is 16.7 Å². The van der Waals surface area contributed by atoms with Crippen LogP contribution in [0, 0.1) is 0 Å². The summed E-state index contributed by atoms with van der Waals surface area (Å²) in [6, 6.07) is 11.9. The molecule has 0 radical (unpaired) electrons. The van der Waals surface area contributed by atoms with Crippen molar-refractivity contribution >= 4 is 17.9 Å². The van der Waals surface area contributed by atoms with E-state index in [9.17, 15) is 9.90 Å². The highest BCUT2D eigenvalue weighted by atomic mass is 35.5. The summed E-state index contributed by atoms with van der Waals surface area (Å²) in [5.41, 5.74) is 1.10. The van der Waals surface area contributed by atoms with E-state index < -0.39 is 0 Å². The van der Waals surface area contributed by atoms with Crippen LogP contribution in [0.3, 0.4) is 0 Å². The molecule has 4 heteroatoms. The number of carbonyl (C=O) groups is 1. The molecule has 2 aromatic carbocycles. The van der Waals surface area contributed by atoms with E-state index in [1.807, 2.05) is 18.2 Å². The van der Waals surface area contributed by atoms with Crippen LogP contribution in [-0.2, 0) is 6.61 Å². The summed E-state index contributed by atoms with van der Waals surface area (Å²) < 4.78 is 5.49. The first-order valence-electron chi connectivity index (χ1n) is 5.35. The highest BCUT2D eigenvalue weighted by molar-refractivity contribution is 6.31. The van der Waals surface area contributed by atoms with E-state index in [0.29, 0.717) is 23.7 Å². The monoisotopic (exact) mass is 262 g/mol. The molecule has 0 aliphatic carbocycles. The summed E-state index contributed by atoms with van der Waals surface area (Å²) in [4.78, 5) is 10.5. The number of aromatic hydroxyl groups is 1. The minimum absolute atomic E-state index is 0.0957. The van der Waals surface area contributed by atoms with E-state index in [-0.39, 0.29) is 11.3 Å². The molecule has 1 N–H and O–H groups in total. The zero-order valence-electron chi connectivity index (χ0n) is 9.47. The first-order chi connectivity index (χ1) is 8.70. The lowest BCUT2D eigenvalue weighted by atomic mass is 10.2. The highest BCUT2D eigenvalue weighted by Gasteiger charge is 2.04. The van der Waals surface area contributed by atoms with Crippen LogP contribution in [0.1, 0.15) is 15.9 Å². The van der Waals surface area contributed by atoms with Crippen molar-refractivity contribution in [3.8, 4) is 11.5 Å². The Bertz CT molecular complexity index is 567. The van der Waals surface area contributed by atoms with Gasteiger partial charge in [0.1, 0.15) is 18.1 Å². The molecule has 0 atom stereocenters. The van der Waals surface area contributed by atoms with Gasteiger partial charge in [0.05, 0.1) is 5.56 Å². The molecule has 2 rings (SSSR count). The van der Waals surface area contributed by atoms with Gasteiger partial charge in [-0.2, -0.15) is 0 Å². The molecule has 0 spiro atoms. The SMILES string of the molecule is O=Cc1ccc(OCc2ccccc2Cl)cc1O. The number of carbonyl (C=O) groups excluding carboxylic acids is 1. The first-order valence-corrected chi connectivity index (χ1v) is 5.73. The third-order valence-electron chi connectivity index (χ3n) is 2.48. The van der Waals surface area contributed by atoms with Crippen LogP contribution in [0.5, 0.6) is 11.5 Å². The van der Waals surface area contributed by atoms with Gasteiger partial charge in [-0.1, -0.05) is 29.8 Å². The van der Waals surface area contributed by atoms with Crippen molar-refractivity contribution in [3.63, 3.8) is 0 Å². The molecule has 0 aliphatic heterocycles. The Morgan fingerprint density at radius 1 is 1.22 bits per heavy atom. The Balaban J connectivity index is 2.09. The predicted octanol–water partition coefficient (Wildman–Crippen LogP) is 3.44. The van der Waals surface area contributed by atoms with Crippen molar-refractivity contribution in [2.24, 2.45) is 0 Å². The lowest BCUT2D eigenvalue weighted by Crippen LogP contribution is -1.96. The molecule has 0 unspecified atom stereocenters. The number of halogens is 1. The third kappa shape index (κ3) is 2.81. The molecule has 0 bridgehead atoms. The Kier molecular flexibility index (Phi) is 3.85. The molecule has 0 amide bonds. The average molecular weight is 263 g/mol. The number of aldehydes is 1. The summed E-state index contributed by atoms with van der Waals surface area (Å²) >= 11 is 5.99. The standard InChI is InChI=1S/C14H11ClO3/c15-13-4-2-1-3-11(13)9-18-12-6-5-10(8-16)14(17)7-12/h1-8,17H,9H2. The van der Waals surface area contributed by atoms with Gasteiger partial charge in [-0.15, -0.1) is 0 Å². The Labute approximate surface area is 110 Å². The van der Waals surface area contributed by atoms with E-state index in [2.05, 4.69) is 0 Å². The number of benzene rings is 2. The second-order valence-corrected chi connectivity index (χ2v) is 4.13. The number of rotatable bonds is 4. The molecule has 0 saturated carbocycles. The van der Waals surface area contributed by atoms with Gasteiger partial charge < -0.3 is 9.84 Å². The molecule has 2 aromatic rings. The molecule has 0 fully saturated rings. The van der Waals surface area contributed by atoms with Crippen LogP contribution < -0.4 is 4.74 Å². The van der Waals surface area contributed by atoms with E-state index in [0.717, 1.165) is 5.56 Å². The third-order valence-corrected chi connectivity index (χ3v) is 2.85. The molecule has 0 aliphatic rings. The molecular weight excluding hydrogens is 252 g/mol. The van der Waals surface area contributed by atoms with E-state index in [1.54, 1.807) is 12.1 Å². The topological polar surface area (TPSA) is 46.5 Å². The quantitative estimate of drug-likeness (QED) is 0.859. The zero-order valence-corrected chi connectivity index (χ0v) is 10.2. The van der Waals surface area contributed by atoms with Crippen molar-refractivity contribution in [1.29, 1.82) is 0 Å². The maximum Gasteiger partial charge on any atom is 0.153 e. The first kappa shape index (κ1) is 12.5. The highest BCUT2D eigenvalue weighted by Crippen LogP contribution is 2.24. The number of ether oxygens (including phenoxy) is 1. The average Bonchev–Trinajstić information content (AvgIpc) is 2.38. The molecule has 3 nitrogen and oxygen atoms in total. The van der Waals surface area contributed by atoms with Gasteiger partial charge in [-0.05, 0) is 18.2 Å². The van der Waals surface area contributed by atoms with Crippen LogP contribution >= 0.6 is 11.6 Å². The van der Waals surface area contributed by atoms with Crippen LogP contribution in [0.4, 0.5) is 0 Å². The molecule has 92 valence electrons. The lowest BCUT2D eigenvalue weighted by Gasteiger charge is -2.08.